The Kier molecular flexibility index (Phi) is 5.42. The second kappa shape index (κ2) is 8.30. The van der Waals surface area contributed by atoms with Crippen LogP contribution < -0.4 is 10.6 Å². The lowest BCUT2D eigenvalue weighted by atomic mass is 9.93. The summed E-state index contributed by atoms with van der Waals surface area (Å²) in [7, 11) is 0. The fourth-order valence-corrected chi connectivity index (χ4v) is 5.17. The molecule has 2 N–H and O–H groups in total. The molecule has 1 fully saturated rings. The Labute approximate surface area is 196 Å². The van der Waals surface area contributed by atoms with Gasteiger partial charge in [0.15, 0.2) is 0 Å². The molecular formula is C25H27FN4O4. The van der Waals surface area contributed by atoms with Gasteiger partial charge in [-0.1, -0.05) is 12.8 Å². The minimum Gasteiger partial charge on any atom is -0.467 e. The molecule has 0 spiro atoms. The van der Waals surface area contributed by atoms with Crippen molar-refractivity contribution in [3.05, 3.63) is 53.9 Å². The quantitative estimate of drug-likeness (QED) is 0.598. The van der Waals surface area contributed by atoms with Crippen LogP contribution in [0.4, 0.5) is 10.1 Å². The number of hydrogen-bond donors (Lipinski definition) is 2. The summed E-state index contributed by atoms with van der Waals surface area (Å²) in [6, 6.07) is 7.73. The molecule has 9 heteroatoms. The first-order chi connectivity index (χ1) is 16.3. The van der Waals surface area contributed by atoms with Crippen molar-refractivity contribution in [1.29, 1.82) is 0 Å². The van der Waals surface area contributed by atoms with Gasteiger partial charge in [0, 0.05) is 18.4 Å². The first-order valence-corrected chi connectivity index (χ1v) is 11.5. The van der Waals surface area contributed by atoms with Gasteiger partial charge in [0.2, 0.25) is 11.8 Å². The monoisotopic (exact) mass is 466 g/mol. The van der Waals surface area contributed by atoms with E-state index in [4.69, 9.17) is 4.42 Å². The topological polar surface area (TPSA) is 96.6 Å². The van der Waals surface area contributed by atoms with E-state index in [9.17, 15) is 18.8 Å². The second-order valence-corrected chi connectivity index (χ2v) is 9.35. The van der Waals surface area contributed by atoms with Crippen LogP contribution in [0, 0.1) is 5.82 Å². The molecule has 1 unspecified atom stereocenters. The number of rotatable bonds is 5. The lowest BCUT2D eigenvalue weighted by Crippen LogP contribution is -2.64. The zero-order valence-electron chi connectivity index (χ0n) is 19.2. The molecule has 178 valence electrons. The first kappa shape index (κ1) is 22.2. The van der Waals surface area contributed by atoms with E-state index in [0.29, 0.717) is 16.7 Å². The van der Waals surface area contributed by atoms with E-state index < -0.39 is 17.3 Å². The predicted molar refractivity (Wildman–Crippen MR) is 124 cm³/mol. The minimum absolute atomic E-state index is 0.0792. The molecule has 0 bridgehead atoms. The molecule has 3 amide bonds. The van der Waals surface area contributed by atoms with Gasteiger partial charge in [-0.3, -0.25) is 14.4 Å². The molecule has 2 aromatic heterocycles. The van der Waals surface area contributed by atoms with Crippen molar-refractivity contribution in [2.45, 2.75) is 64.2 Å². The molecule has 1 aliphatic carbocycles. The first-order valence-electron chi connectivity index (χ1n) is 11.5. The molecule has 1 atom stereocenters. The average molecular weight is 467 g/mol. The SMILES string of the molecule is CC(=O)Nc1c2n(c3ccc(F)cc13)CC(C)(C(=O)NC1CCCC1)N(Cc1ccco1)C2=O. The summed E-state index contributed by atoms with van der Waals surface area (Å²) in [5.41, 5.74) is -0.193. The van der Waals surface area contributed by atoms with E-state index in [2.05, 4.69) is 10.6 Å². The number of furan rings is 1. The summed E-state index contributed by atoms with van der Waals surface area (Å²) >= 11 is 0. The Morgan fingerprint density at radius 3 is 2.68 bits per heavy atom. The molecule has 1 saturated carbocycles. The van der Waals surface area contributed by atoms with Crippen LogP contribution in [-0.4, -0.2) is 38.8 Å². The van der Waals surface area contributed by atoms with Crippen LogP contribution in [-0.2, 0) is 22.7 Å². The Hall–Kier alpha value is -3.62. The van der Waals surface area contributed by atoms with Gasteiger partial charge in [-0.2, -0.15) is 0 Å². The highest BCUT2D eigenvalue weighted by molar-refractivity contribution is 6.14. The summed E-state index contributed by atoms with van der Waals surface area (Å²) in [6.45, 7) is 3.31. The highest BCUT2D eigenvalue weighted by atomic mass is 19.1. The maximum atomic E-state index is 14.2. The van der Waals surface area contributed by atoms with Crippen molar-refractivity contribution in [1.82, 2.24) is 14.8 Å². The number of amides is 3. The third-order valence-electron chi connectivity index (χ3n) is 6.91. The van der Waals surface area contributed by atoms with Gasteiger partial charge >= 0.3 is 0 Å². The van der Waals surface area contributed by atoms with E-state index >= 15 is 0 Å². The highest BCUT2D eigenvalue weighted by Crippen LogP contribution is 2.40. The van der Waals surface area contributed by atoms with Crippen molar-refractivity contribution < 1.29 is 23.2 Å². The third kappa shape index (κ3) is 3.65. The Morgan fingerprint density at radius 2 is 2.00 bits per heavy atom. The largest absolute Gasteiger partial charge is 0.467 e. The molecule has 1 aliphatic heterocycles. The predicted octanol–water partition coefficient (Wildman–Crippen LogP) is 3.81. The molecule has 0 saturated heterocycles. The Morgan fingerprint density at radius 1 is 1.24 bits per heavy atom. The van der Waals surface area contributed by atoms with Gasteiger partial charge in [0.05, 0.1) is 30.6 Å². The lowest BCUT2D eigenvalue weighted by Gasteiger charge is -2.44. The van der Waals surface area contributed by atoms with E-state index in [1.54, 1.807) is 29.7 Å². The van der Waals surface area contributed by atoms with Crippen LogP contribution in [0.5, 0.6) is 0 Å². The molecule has 5 rings (SSSR count). The summed E-state index contributed by atoms with van der Waals surface area (Å²) in [4.78, 5) is 41.1. The number of nitrogens with one attached hydrogen (secondary N) is 2. The molecule has 2 aliphatic rings. The van der Waals surface area contributed by atoms with Crippen molar-refractivity contribution in [2.24, 2.45) is 0 Å². The Balaban J connectivity index is 1.65. The van der Waals surface area contributed by atoms with Crippen LogP contribution in [0.2, 0.25) is 0 Å². The van der Waals surface area contributed by atoms with Crippen LogP contribution in [0.25, 0.3) is 10.9 Å². The van der Waals surface area contributed by atoms with Crippen LogP contribution in [0.15, 0.2) is 41.0 Å². The van der Waals surface area contributed by atoms with Gasteiger partial charge in [-0.05, 0) is 50.1 Å². The maximum absolute atomic E-state index is 14.2. The van der Waals surface area contributed by atoms with Crippen LogP contribution in [0.3, 0.4) is 0 Å². The van der Waals surface area contributed by atoms with Crippen molar-refractivity contribution in [3.63, 3.8) is 0 Å². The van der Waals surface area contributed by atoms with Gasteiger partial charge in [-0.25, -0.2) is 4.39 Å². The van der Waals surface area contributed by atoms with Gasteiger partial charge in [-0.15, -0.1) is 0 Å². The number of halogens is 1. The standard InChI is InChI=1S/C25H27FN4O4/c1-15(31)27-21-19-12-16(26)9-10-20(19)29-14-25(2,24(33)28-17-6-3-4-7-17)30(23(32)22(21)29)13-18-8-5-11-34-18/h5,8-12,17H,3-4,6-7,13-14H2,1-2H3,(H,27,31)(H,28,33). The molecular weight excluding hydrogens is 439 g/mol. The highest BCUT2D eigenvalue weighted by Gasteiger charge is 2.49. The molecule has 3 heterocycles. The van der Waals surface area contributed by atoms with Crippen molar-refractivity contribution in [2.75, 3.05) is 5.32 Å². The van der Waals surface area contributed by atoms with E-state index in [1.807, 2.05) is 0 Å². The smallest absolute Gasteiger partial charge is 0.274 e. The fourth-order valence-electron chi connectivity index (χ4n) is 5.17. The number of benzene rings is 1. The zero-order chi connectivity index (χ0) is 24.0. The number of carbonyl (C=O) groups is 3. The molecule has 34 heavy (non-hydrogen) atoms. The van der Waals surface area contributed by atoms with E-state index in [-0.39, 0.29) is 42.3 Å². The molecule has 0 radical (unpaired) electrons. The summed E-state index contributed by atoms with van der Waals surface area (Å²) < 4.78 is 21.4. The Bertz CT molecular complexity index is 1280. The normalized spacial score (nSPS) is 20.6. The van der Waals surface area contributed by atoms with Crippen LogP contribution in [0.1, 0.15) is 55.8 Å². The van der Waals surface area contributed by atoms with Crippen LogP contribution >= 0.6 is 0 Å². The fraction of sp³-hybridized carbons (Fsp3) is 0.400. The summed E-state index contributed by atoms with van der Waals surface area (Å²) in [6.07, 6.45) is 5.47. The second-order valence-electron chi connectivity index (χ2n) is 9.35. The zero-order valence-corrected chi connectivity index (χ0v) is 19.2. The van der Waals surface area contributed by atoms with Gasteiger partial charge in [0.25, 0.3) is 5.91 Å². The average Bonchev–Trinajstić information content (AvgIpc) is 3.53. The van der Waals surface area contributed by atoms with E-state index in [1.165, 1.54) is 30.2 Å². The number of fused-ring (bicyclic) bond motifs is 3. The maximum Gasteiger partial charge on any atom is 0.274 e. The third-order valence-corrected chi connectivity index (χ3v) is 6.91. The number of hydrogen-bond acceptors (Lipinski definition) is 4. The summed E-state index contributed by atoms with van der Waals surface area (Å²) in [5.74, 6) is -1.01. The number of anilines is 1. The minimum atomic E-state index is -1.23. The number of aromatic nitrogens is 1. The van der Waals surface area contributed by atoms with Crippen molar-refractivity contribution >= 4 is 34.3 Å². The number of carbonyl (C=O) groups excluding carboxylic acids is 3. The van der Waals surface area contributed by atoms with Crippen molar-refractivity contribution in [3.8, 4) is 0 Å². The number of nitrogens with zero attached hydrogens (tertiary/aromatic N) is 2. The van der Waals surface area contributed by atoms with Gasteiger partial charge < -0.3 is 24.5 Å². The van der Waals surface area contributed by atoms with E-state index in [0.717, 1.165) is 25.7 Å². The van der Waals surface area contributed by atoms with Gasteiger partial charge in [0.1, 0.15) is 22.8 Å². The molecule has 3 aromatic rings. The molecule has 8 nitrogen and oxygen atoms in total. The molecule has 1 aromatic carbocycles. The lowest BCUT2D eigenvalue weighted by molar-refractivity contribution is -0.134. The summed E-state index contributed by atoms with van der Waals surface area (Å²) in [5, 5.41) is 6.26.